The first kappa shape index (κ1) is 12.0. The zero-order chi connectivity index (χ0) is 12.7. The molecule has 18 heavy (non-hydrogen) atoms. The molecular formula is C14H15BrN2O. The number of aliphatic hydroxyl groups excluding tert-OH is 1. The van der Waals surface area contributed by atoms with Gasteiger partial charge >= 0.3 is 0 Å². The lowest BCUT2D eigenvalue weighted by atomic mass is 10.00. The van der Waals surface area contributed by atoms with Crippen molar-refractivity contribution in [2.75, 3.05) is 18.0 Å². The predicted octanol–water partition coefficient (Wildman–Crippen LogP) is 2.53. The van der Waals surface area contributed by atoms with E-state index >= 15 is 0 Å². The first-order chi connectivity index (χ1) is 8.67. The normalized spacial score (nSPS) is 30.3. The van der Waals surface area contributed by atoms with E-state index in [0.717, 1.165) is 36.1 Å². The summed E-state index contributed by atoms with van der Waals surface area (Å²) in [6, 6.07) is 7.99. The minimum absolute atomic E-state index is 0.136. The highest BCUT2D eigenvalue weighted by molar-refractivity contribution is 9.10. The number of fused-ring (bicyclic) bond motifs is 1. The van der Waals surface area contributed by atoms with E-state index in [1.54, 1.807) is 0 Å². The van der Waals surface area contributed by atoms with Gasteiger partial charge in [-0.2, -0.15) is 5.26 Å². The SMILES string of the molecule is N#Cc1cc(Br)cc(N2CC3CCC(O)C3C2)c1. The molecular weight excluding hydrogens is 292 g/mol. The van der Waals surface area contributed by atoms with Gasteiger partial charge in [-0.15, -0.1) is 0 Å². The molecule has 1 aliphatic heterocycles. The second-order valence-electron chi connectivity index (χ2n) is 5.28. The van der Waals surface area contributed by atoms with Crippen molar-refractivity contribution in [3.05, 3.63) is 28.2 Å². The van der Waals surface area contributed by atoms with Gasteiger partial charge in [0.25, 0.3) is 0 Å². The molecule has 0 spiro atoms. The van der Waals surface area contributed by atoms with Gasteiger partial charge in [0, 0.05) is 29.2 Å². The van der Waals surface area contributed by atoms with Crippen molar-refractivity contribution < 1.29 is 5.11 Å². The van der Waals surface area contributed by atoms with Gasteiger partial charge in [-0.25, -0.2) is 0 Å². The summed E-state index contributed by atoms with van der Waals surface area (Å²) in [5.41, 5.74) is 1.76. The lowest BCUT2D eigenvalue weighted by molar-refractivity contribution is 0.133. The molecule has 0 aromatic heterocycles. The molecule has 1 N–H and O–H groups in total. The number of halogens is 1. The van der Waals surface area contributed by atoms with Crippen LogP contribution >= 0.6 is 15.9 Å². The van der Waals surface area contributed by atoms with Crippen LogP contribution in [0, 0.1) is 23.2 Å². The molecule has 3 rings (SSSR count). The summed E-state index contributed by atoms with van der Waals surface area (Å²) in [5.74, 6) is 1.03. The Morgan fingerprint density at radius 2 is 2.11 bits per heavy atom. The maximum absolute atomic E-state index is 9.93. The Bertz CT molecular complexity index is 511. The fourth-order valence-electron chi connectivity index (χ4n) is 3.27. The van der Waals surface area contributed by atoms with E-state index in [2.05, 4.69) is 26.9 Å². The van der Waals surface area contributed by atoms with Crippen LogP contribution in [0.1, 0.15) is 18.4 Å². The van der Waals surface area contributed by atoms with Gasteiger partial charge in [-0.05, 0) is 37.0 Å². The highest BCUT2D eigenvalue weighted by Gasteiger charge is 2.41. The second-order valence-corrected chi connectivity index (χ2v) is 6.20. The van der Waals surface area contributed by atoms with Gasteiger partial charge in [0.05, 0.1) is 17.7 Å². The number of hydrogen-bond acceptors (Lipinski definition) is 3. The van der Waals surface area contributed by atoms with Crippen molar-refractivity contribution in [3.8, 4) is 6.07 Å². The van der Waals surface area contributed by atoms with Gasteiger partial charge in [0.2, 0.25) is 0 Å². The first-order valence-corrected chi connectivity index (χ1v) is 7.10. The number of hydrogen-bond donors (Lipinski definition) is 1. The van der Waals surface area contributed by atoms with Crippen molar-refractivity contribution in [3.63, 3.8) is 0 Å². The fourth-order valence-corrected chi connectivity index (χ4v) is 3.75. The monoisotopic (exact) mass is 306 g/mol. The molecule has 0 bridgehead atoms. The summed E-state index contributed by atoms with van der Waals surface area (Å²) in [5, 5.41) is 18.9. The average molecular weight is 307 g/mol. The van der Waals surface area contributed by atoms with Gasteiger partial charge < -0.3 is 10.0 Å². The molecule has 94 valence electrons. The quantitative estimate of drug-likeness (QED) is 0.867. The van der Waals surface area contributed by atoms with Crippen LogP contribution < -0.4 is 4.90 Å². The molecule has 2 aliphatic rings. The minimum Gasteiger partial charge on any atom is -0.393 e. The van der Waals surface area contributed by atoms with Crippen LogP contribution in [-0.2, 0) is 0 Å². The fraction of sp³-hybridized carbons (Fsp3) is 0.500. The lowest BCUT2D eigenvalue weighted by Crippen LogP contribution is -2.24. The molecule has 1 aromatic carbocycles. The summed E-state index contributed by atoms with van der Waals surface area (Å²) in [7, 11) is 0. The molecule has 4 heteroatoms. The molecule has 1 saturated carbocycles. The zero-order valence-electron chi connectivity index (χ0n) is 10.0. The molecule has 3 atom stereocenters. The molecule has 2 fully saturated rings. The van der Waals surface area contributed by atoms with E-state index < -0.39 is 0 Å². The van der Waals surface area contributed by atoms with Crippen molar-refractivity contribution in [2.45, 2.75) is 18.9 Å². The topological polar surface area (TPSA) is 47.3 Å². The molecule has 0 radical (unpaired) electrons. The van der Waals surface area contributed by atoms with E-state index in [1.165, 1.54) is 0 Å². The minimum atomic E-state index is -0.136. The molecule has 3 nitrogen and oxygen atoms in total. The predicted molar refractivity (Wildman–Crippen MR) is 73.3 cm³/mol. The van der Waals surface area contributed by atoms with E-state index in [1.807, 2.05) is 18.2 Å². The summed E-state index contributed by atoms with van der Waals surface area (Å²) >= 11 is 3.45. The Morgan fingerprint density at radius 1 is 1.28 bits per heavy atom. The van der Waals surface area contributed by atoms with Crippen LogP contribution in [0.4, 0.5) is 5.69 Å². The van der Waals surface area contributed by atoms with Gasteiger partial charge in [0.15, 0.2) is 0 Å². The van der Waals surface area contributed by atoms with Crippen LogP contribution in [0.3, 0.4) is 0 Å². The lowest BCUT2D eigenvalue weighted by Gasteiger charge is -2.21. The third-order valence-corrected chi connectivity index (χ3v) is 4.65. The molecule has 1 aromatic rings. The Kier molecular flexibility index (Phi) is 3.04. The smallest absolute Gasteiger partial charge is 0.0992 e. The Hall–Kier alpha value is -1.05. The number of aliphatic hydroxyl groups is 1. The van der Waals surface area contributed by atoms with Crippen LogP contribution in [-0.4, -0.2) is 24.3 Å². The molecule has 3 unspecified atom stereocenters. The van der Waals surface area contributed by atoms with Gasteiger partial charge in [-0.1, -0.05) is 15.9 Å². The van der Waals surface area contributed by atoms with E-state index in [4.69, 9.17) is 5.26 Å². The standard InChI is InChI=1S/C14H15BrN2O/c15-11-3-9(6-16)4-12(5-11)17-7-10-1-2-14(18)13(10)8-17/h3-5,10,13-14,18H,1-2,7-8H2. The van der Waals surface area contributed by atoms with E-state index in [9.17, 15) is 5.11 Å². The van der Waals surface area contributed by atoms with Crippen LogP contribution in [0.15, 0.2) is 22.7 Å². The maximum atomic E-state index is 9.93. The highest BCUT2D eigenvalue weighted by atomic mass is 79.9. The van der Waals surface area contributed by atoms with Crippen LogP contribution in [0.2, 0.25) is 0 Å². The average Bonchev–Trinajstić information content (AvgIpc) is 2.91. The summed E-state index contributed by atoms with van der Waals surface area (Å²) < 4.78 is 0.939. The van der Waals surface area contributed by atoms with E-state index in [-0.39, 0.29) is 6.10 Å². The number of anilines is 1. The van der Waals surface area contributed by atoms with E-state index in [0.29, 0.717) is 17.4 Å². The second kappa shape index (κ2) is 4.56. The van der Waals surface area contributed by atoms with Crippen LogP contribution in [0.5, 0.6) is 0 Å². The molecule has 1 aliphatic carbocycles. The summed E-state index contributed by atoms with van der Waals surface area (Å²) in [6.45, 7) is 1.91. The summed E-state index contributed by atoms with van der Waals surface area (Å²) in [6.07, 6.45) is 1.94. The molecule has 1 heterocycles. The third kappa shape index (κ3) is 2.02. The number of nitriles is 1. The number of nitrogens with zero attached hydrogens (tertiary/aromatic N) is 2. The third-order valence-electron chi connectivity index (χ3n) is 4.20. The van der Waals surface area contributed by atoms with Crippen molar-refractivity contribution in [1.29, 1.82) is 5.26 Å². The summed E-state index contributed by atoms with van der Waals surface area (Å²) in [4.78, 5) is 2.29. The maximum Gasteiger partial charge on any atom is 0.0992 e. The Balaban J connectivity index is 1.85. The van der Waals surface area contributed by atoms with Crippen molar-refractivity contribution in [2.24, 2.45) is 11.8 Å². The number of rotatable bonds is 1. The molecule has 0 amide bonds. The first-order valence-electron chi connectivity index (χ1n) is 6.31. The zero-order valence-corrected chi connectivity index (χ0v) is 11.6. The van der Waals surface area contributed by atoms with Crippen LogP contribution in [0.25, 0.3) is 0 Å². The van der Waals surface area contributed by atoms with Crippen molar-refractivity contribution >= 4 is 21.6 Å². The van der Waals surface area contributed by atoms with Gasteiger partial charge in [-0.3, -0.25) is 0 Å². The Labute approximate surface area is 115 Å². The number of benzene rings is 1. The highest BCUT2D eigenvalue weighted by Crippen LogP contribution is 2.40. The molecule has 1 saturated heterocycles. The van der Waals surface area contributed by atoms with Crippen molar-refractivity contribution in [1.82, 2.24) is 0 Å². The Morgan fingerprint density at radius 3 is 2.83 bits per heavy atom. The van der Waals surface area contributed by atoms with Gasteiger partial charge in [0.1, 0.15) is 0 Å². The largest absolute Gasteiger partial charge is 0.393 e.